The van der Waals surface area contributed by atoms with E-state index in [4.69, 9.17) is 24.4 Å². The molecule has 1 saturated carbocycles. The van der Waals surface area contributed by atoms with Crippen LogP contribution in [-0.4, -0.2) is 104 Å². The zero-order chi connectivity index (χ0) is 36.3. The van der Waals surface area contributed by atoms with Gasteiger partial charge in [-0.05, 0) is 81.8 Å². The number of benzene rings is 1. The van der Waals surface area contributed by atoms with Crippen LogP contribution in [0.5, 0.6) is 0 Å². The minimum atomic E-state index is -0.460. The first-order valence-electron chi connectivity index (χ1n) is 18.0. The Labute approximate surface area is 294 Å². The number of likely N-dealkylation sites (tertiary alicyclic amines) is 1. The van der Waals surface area contributed by atoms with Gasteiger partial charge in [0.15, 0.2) is 12.0 Å². The maximum Gasteiger partial charge on any atom is 0.185 e. The zero-order valence-electron chi connectivity index (χ0n) is 30.7. The molecule has 49 heavy (non-hydrogen) atoms. The third kappa shape index (κ3) is 18.2. The number of carbonyl (C=O) groups excluding carboxylic acids is 3. The number of nitrogens with zero attached hydrogens (tertiary/aromatic N) is 1. The number of anilines is 1. The van der Waals surface area contributed by atoms with Crippen molar-refractivity contribution in [1.82, 2.24) is 4.90 Å². The summed E-state index contributed by atoms with van der Waals surface area (Å²) in [5.41, 5.74) is 7.12. The maximum absolute atomic E-state index is 11.9. The molecule has 1 aliphatic carbocycles. The first kappa shape index (κ1) is 44.3. The van der Waals surface area contributed by atoms with Gasteiger partial charge in [0.05, 0.1) is 19.3 Å². The molecule has 1 aromatic carbocycles. The van der Waals surface area contributed by atoms with Gasteiger partial charge in [0, 0.05) is 57.5 Å². The van der Waals surface area contributed by atoms with Crippen LogP contribution >= 0.6 is 0 Å². The number of fused-ring (bicyclic) bond motifs is 1. The smallest absolute Gasteiger partial charge is 0.185 e. The molecule has 4 rings (SSSR count). The Morgan fingerprint density at radius 3 is 2.33 bits per heavy atom. The van der Waals surface area contributed by atoms with E-state index in [-0.39, 0.29) is 18.0 Å². The van der Waals surface area contributed by atoms with Crippen LogP contribution in [0.3, 0.4) is 0 Å². The van der Waals surface area contributed by atoms with Crippen LogP contribution in [0.4, 0.5) is 10.1 Å². The number of hydrogen-bond acceptors (Lipinski definition) is 10. The highest BCUT2D eigenvalue weighted by Gasteiger charge is 2.37. The fourth-order valence-electron chi connectivity index (χ4n) is 6.20. The average molecular weight is 694 g/mol. The van der Waals surface area contributed by atoms with E-state index in [1.165, 1.54) is 44.8 Å². The molecule has 11 heteroatoms. The lowest BCUT2D eigenvalue weighted by Crippen LogP contribution is -2.34. The molecule has 1 aliphatic heterocycles. The van der Waals surface area contributed by atoms with Gasteiger partial charge in [-0.3, -0.25) is 9.69 Å². The minimum Gasteiger partial charge on any atom is -0.453 e. The molecule has 2 fully saturated rings. The van der Waals surface area contributed by atoms with Crippen molar-refractivity contribution in [2.45, 2.75) is 89.6 Å². The number of furan rings is 1. The molecule has 1 saturated heterocycles. The lowest BCUT2D eigenvalue weighted by Gasteiger charge is -2.30. The van der Waals surface area contributed by atoms with E-state index in [0.717, 1.165) is 74.3 Å². The Bertz CT molecular complexity index is 1120. The highest BCUT2D eigenvalue weighted by molar-refractivity contribution is 5.87. The van der Waals surface area contributed by atoms with Gasteiger partial charge in [0.2, 0.25) is 0 Å². The summed E-state index contributed by atoms with van der Waals surface area (Å²) < 4.78 is 31.9. The highest BCUT2D eigenvalue weighted by atomic mass is 19.1. The third-order valence-electron chi connectivity index (χ3n) is 9.23. The van der Waals surface area contributed by atoms with Gasteiger partial charge in [-0.1, -0.05) is 45.4 Å². The standard InChI is InChI=1S/C12H21NO.C10H9NO2.C9H18FNO.C7H16O3/c1-13-8-7-11(12(13)9-14)10-5-3-2-4-6-10;1-11-8-2-3-10-7(4-8)5-9(6-12)13-10;1-2-8(7-12)4-3-5-9(11)6-10;1-8-4-3-5-10-7-6-9-2/h9-12H,2-8H2,1H3;2-6,11H,1H3;7-9H,2-6,11H2,1H3;3-7H2,1-2H3. The van der Waals surface area contributed by atoms with Crippen molar-refractivity contribution < 1.29 is 37.4 Å². The van der Waals surface area contributed by atoms with Crippen LogP contribution in [0.2, 0.25) is 0 Å². The summed E-state index contributed by atoms with van der Waals surface area (Å²) in [6.07, 6.45) is 15.2. The predicted octanol–water partition coefficient (Wildman–Crippen LogP) is 6.74. The number of nitrogens with two attached hydrogens (primary N) is 1. The van der Waals surface area contributed by atoms with Gasteiger partial charge in [-0.15, -0.1) is 0 Å². The van der Waals surface area contributed by atoms with Gasteiger partial charge in [-0.2, -0.15) is 0 Å². The topological polar surface area (TPSA) is 133 Å². The first-order valence-corrected chi connectivity index (χ1v) is 18.0. The van der Waals surface area contributed by atoms with E-state index in [1.54, 1.807) is 20.3 Å². The summed E-state index contributed by atoms with van der Waals surface area (Å²) in [4.78, 5) is 34.1. The van der Waals surface area contributed by atoms with Crippen molar-refractivity contribution in [3.8, 4) is 0 Å². The average Bonchev–Trinajstić information content (AvgIpc) is 3.74. The molecule has 4 atom stereocenters. The van der Waals surface area contributed by atoms with Crippen molar-refractivity contribution in [3.63, 3.8) is 0 Å². The van der Waals surface area contributed by atoms with Crippen LogP contribution in [-0.2, 0) is 23.8 Å². The molecule has 0 bridgehead atoms. The largest absolute Gasteiger partial charge is 0.453 e. The van der Waals surface area contributed by atoms with Crippen molar-refractivity contribution in [2.24, 2.45) is 23.5 Å². The summed E-state index contributed by atoms with van der Waals surface area (Å²) in [5.74, 6) is 2.00. The Balaban J connectivity index is 0.000000330. The Morgan fingerprint density at radius 2 is 1.73 bits per heavy atom. The fourth-order valence-corrected chi connectivity index (χ4v) is 6.20. The first-order chi connectivity index (χ1) is 23.8. The summed E-state index contributed by atoms with van der Waals surface area (Å²) in [5, 5.41) is 3.96. The second-order valence-electron chi connectivity index (χ2n) is 12.8. The summed E-state index contributed by atoms with van der Waals surface area (Å²) in [6.45, 7) is 5.52. The van der Waals surface area contributed by atoms with Gasteiger partial charge >= 0.3 is 0 Å². The van der Waals surface area contributed by atoms with E-state index < -0.39 is 6.67 Å². The van der Waals surface area contributed by atoms with E-state index in [2.05, 4.69) is 17.3 Å². The van der Waals surface area contributed by atoms with Gasteiger partial charge in [0.1, 0.15) is 24.8 Å². The highest BCUT2D eigenvalue weighted by Crippen LogP contribution is 2.37. The number of nitrogens with one attached hydrogen (secondary N) is 1. The molecule has 2 aromatic rings. The molecular weight excluding hydrogens is 629 g/mol. The molecule has 4 unspecified atom stereocenters. The number of aldehydes is 3. The van der Waals surface area contributed by atoms with Crippen molar-refractivity contribution in [3.05, 3.63) is 30.0 Å². The summed E-state index contributed by atoms with van der Waals surface area (Å²) in [7, 11) is 7.29. The number of ether oxygens (including phenoxy) is 3. The monoisotopic (exact) mass is 693 g/mol. The molecule has 10 nitrogen and oxygen atoms in total. The van der Waals surface area contributed by atoms with Crippen LogP contribution in [0, 0.1) is 17.8 Å². The minimum absolute atomic E-state index is 0.136. The third-order valence-corrected chi connectivity index (χ3v) is 9.23. The SMILES string of the molecule is CCC(C=O)CCCC(N)CF.CN1CCC(C2CCCCC2)C1C=O.CNc1ccc2oc(C=O)cc2c1.COCCCOCCOC. The second kappa shape index (κ2) is 28.0. The predicted molar refractivity (Wildman–Crippen MR) is 195 cm³/mol. The second-order valence-corrected chi connectivity index (χ2v) is 12.8. The van der Waals surface area contributed by atoms with Crippen LogP contribution in [0.1, 0.15) is 88.1 Å². The van der Waals surface area contributed by atoms with Crippen molar-refractivity contribution >= 4 is 35.5 Å². The van der Waals surface area contributed by atoms with Gasteiger partial charge in [-0.25, -0.2) is 4.39 Å². The summed E-state index contributed by atoms with van der Waals surface area (Å²) >= 11 is 0. The quantitative estimate of drug-likeness (QED) is 0.128. The Morgan fingerprint density at radius 1 is 1.00 bits per heavy atom. The lowest BCUT2D eigenvalue weighted by atomic mass is 9.77. The normalized spacial score (nSPS) is 18.9. The molecule has 0 spiro atoms. The van der Waals surface area contributed by atoms with Gasteiger partial charge < -0.3 is 39.3 Å². The molecule has 0 radical (unpaired) electrons. The number of methoxy groups -OCH3 is 2. The number of likely N-dealkylation sites (N-methyl/N-ethyl adjacent to an activating group) is 1. The van der Waals surface area contributed by atoms with Gasteiger partial charge in [0.25, 0.3) is 0 Å². The Hall–Kier alpha value is -2.70. The molecule has 1 aromatic heterocycles. The maximum atomic E-state index is 11.9. The van der Waals surface area contributed by atoms with E-state index >= 15 is 0 Å². The van der Waals surface area contributed by atoms with Crippen LogP contribution < -0.4 is 11.1 Å². The van der Waals surface area contributed by atoms with Crippen LogP contribution in [0.15, 0.2) is 28.7 Å². The molecule has 280 valence electrons. The zero-order valence-corrected chi connectivity index (χ0v) is 30.7. The molecule has 2 aliphatic rings. The molecule has 0 amide bonds. The Kier molecular flexibility index (Phi) is 25.4. The van der Waals surface area contributed by atoms with E-state index in [0.29, 0.717) is 37.6 Å². The number of alkyl halides is 1. The molecule has 2 heterocycles. The van der Waals surface area contributed by atoms with Crippen molar-refractivity contribution in [1.29, 1.82) is 0 Å². The molecular formula is C38H64FN3O7. The van der Waals surface area contributed by atoms with Crippen molar-refractivity contribution in [2.75, 3.05) is 73.3 Å². The fraction of sp³-hybridized carbons (Fsp3) is 0.711. The van der Waals surface area contributed by atoms with E-state index in [1.807, 2.05) is 32.2 Å². The molecule has 3 N–H and O–H groups in total. The number of rotatable bonds is 18. The van der Waals surface area contributed by atoms with E-state index in [9.17, 15) is 18.8 Å². The number of hydrogen-bond donors (Lipinski definition) is 2. The lowest BCUT2D eigenvalue weighted by molar-refractivity contribution is -0.113. The number of halogens is 1. The summed E-state index contributed by atoms with van der Waals surface area (Å²) in [6, 6.07) is 7.29. The van der Waals surface area contributed by atoms with Crippen LogP contribution in [0.25, 0.3) is 11.0 Å². The number of carbonyl (C=O) groups is 3.